The molecule has 3 heteroatoms. The van der Waals surface area contributed by atoms with Gasteiger partial charge in [-0.1, -0.05) is 20.3 Å². The molecule has 3 nitrogen and oxygen atoms in total. The number of rotatable bonds is 9. The summed E-state index contributed by atoms with van der Waals surface area (Å²) in [4.78, 5) is 0. The van der Waals surface area contributed by atoms with Gasteiger partial charge in [-0.25, -0.2) is 0 Å². The maximum absolute atomic E-state index is 4.31. The minimum atomic E-state index is 0.700. The first-order chi connectivity index (χ1) is 8.30. The van der Waals surface area contributed by atoms with E-state index in [0.717, 1.165) is 19.5 Å². The molecule has 1 N–H and O–H groups in total. The zero-order valence-electron chi connectivity index (χ0n) is 11.6. The van der Waals surface area contributed by atoms with E-state index in [2.05, 4.69) is 37.4 Å². The molecule has 0 aromatic carbocycles. The SMILES string of the molecule is CCCC(CCCc1cnn(CC)c1)NCC. The molecule has 1 unspecified atom stereocenters. The fourth-order valence-corrected chi connectivity index (χ4v) is 2.25. The lowest BCUT2D eigenvalue weighted by Gasteiger charge is -2.16. The van der Waals surface area contributed by atoms with E-state index in [9.17, 15) is 0 Å². The molecule has 0 aliphatic carbocycles. The van der Waals surface area contributed by atoms with Gasteiger partial charge in [0.2, 0.25) is 0 Å². The fraction of sp³-hybridized carbons (Fsp3) is 0.786. The van der Waals surface area contributed by atoms with Crippen LogP contribution in [0, 0.1) is 0 Å². The summed E-state index contributed by atoms with van der Waals surface area (Å²) < 4.78 is 2.00. The van der Waals surface area contributed by atoms with Crippen LogP contribution < -0.4 is 5.32 Å². The molecule has 17 heavy (non-hydrogen) atoms. The summed E-state index contributed by atoms with van der Waals surface area (Å²) in [5.41, 5.74) is 1.37. The quantitative estimate of drug-likeness (QED) is 0.715. The third-order valence-corrected chi connectivity index (χ3v) is 3.16. The van der Waals surface area contributed by atoms with Gasteiger partial charge in [-0.3, -0.25) is 4.68 Å². The van der Waals surface area contributed by atoms with Crippen LogP contribution in [0.3, 0.4) is 0 Å². The van der Waals surface area contributed by atoms with Crippen molar-refractivity contribution in [3.8, 4) is 0 Å². The van der Waals surface area contributed by atoms with E-state index in [1.165, 1.54) is 31.2 Å². The number of aryl methyl sites for hydroxylation is 2. The Morgan fingerprint density at radius 3 is 2.71 bits per heavy atom. The first-order valence-corrected chi connectivity index (χ1v) is 7.04. The van der Waals surface area contributed by atoms with Crippen LogP contribution >= 0.6 is 0 Å². The normalized spacial score (nSPS) is 12.9. The highest BCUT2D eigenvalue weighted by Gasteiger charge is 2.06. The topological polar surface area (TPSA) is 29.9 Å². The summed E-state index contributed by atoms with van der Waals surface area (Å²) >= 11 is 0. The highest BCUT2D eigenvalue weighted by atomic mass is 15.3. The lowest BCUT2D eigenvalue weighted by Crippen LogP contribution is -2.28. The monoisotopic (exact) mass is 237 g/mol. The number of nitrogens with one attached hydrogen (secondary N) is 1. The van der Waals surface area contributed by atoms with E-state index >= 15 is 0 Å². The predicted octanol–water partition coefficient (Wildman–Crippen LogP) is 3.00. The molecule has 0 aliphatic heterocycles. The van der Waals surface area contributed by atoms with Crippen LogP contribution in [0.4, 0.5) is 0 Å². The largest absolute Gasteiger partial charge is 0.314 e. The molecule has 0 saturated heterocycles. The molecule has 1 atom stereocenters. The van der Waals surface area contributed by atoms with Crippen molar-refractivity contribution in [2.45, 2.75) is 65.5 Å². The zero-order valence-corrected chi connectivity index (χ0v) is 11.6. The summed E-state index contributed by atoms with van der Waals surface area (Å²) in [7, 11) is 0. The summed E-state index contributed by atoms with van der Waals surface area (Å²) in [6.07, 6.45) is 10.4. The Labute approximate surface area is 106 Å². The molecule has 0 aliphatic rings. The molecule has 1 aromatic heterocycles. The molecule has 0 amide bonds. The van der Waals surface area contributed by atoms with Crippen molar-refractivity contribution < 1.29 is 0 Å². The van der Waals surface area contributed by atoms with Crippen LogP contribution in [0.25, 0.3) is 0 Å². The van der Waals surface area contributed by atoms with Crippen molar-refractivity contribution in [3.05, 3.63) is 18.0 Å². The maximum atomic E-state index is 4.31. The van der Waals surface area contributed by atoms with Gasteiger partial charge in [-0.05, 0) is 44.7 Å². The van der Waals surface area contributed by atoms with Crippen LogP contribution in [-0.2, 0) is 13.0 Å². The molecular formula is C14H27N3. The minimum absolute atomic E-state index is 0.700. The van der Waals surface area contributed by atoms with Crippen molar-refractivity contribution in [3.63, 3.8) is 0 Å². The third-order valence-electron chi connectivity index (χ3n) is 3.16. The van der Waals surface area contributed by atoms with Crippen LogP contribution in [-0.4, -0.2) is 22.4 Å². The van der Waals surface area contributed by atoms with E-state index in [4.69, 9.17) is 0 Å². The Kier molecular flexibility index (Phi) is 6.94. The molecule has 0 fully saturated rings. The number of aromatic nitrogens is 2. The van der Waals surface area contributed by atoms with Crippen molar-refractivity contribution >= 4 is 0 Å². The van der Waals surface area contributed by atoms with Crippen LogP contribution in [0.15, 0.2) is 12.4 Å². The van der Waals surface area contributed by atoms with Gasteiger partial charge >= 0.3 is 0 Å². The van der Waals surface area contributed by atoms with Gasteiger partial charge in [0.15, 0.2) is 0 Å². The van der Waals surface area contributed by atoms with Crippen molar-refractivity contribution in [2.24, 2.45) is 0 Å². The Balaban J connectivity index is 2.24. The van der Waals surface area contributed by atoms with E-state index in [-0.39, 0.29) is 0 Å². The van der Waals surface area contributed by atoms with Gasteiger partial charge < -0.3 is 5.32 Å². The number of hydrogen-bond acceptors (Lipinski definition) is 2. The fourth-order valence-electron chi connectivity index (χ4n) is 2.25. The molecule has 1 heterocycles. The highest BCUT2D eigenvalue weighted by Crippen LogP contribution is 2.09. The molecule has 0 bridgehead atoms. The maximum Gasteiger partial charge on any atom is 0.0521 e. The van der Waals surface area contributed by atoms with E-state index in [0.29, 0.717) is 6.04 Å². The van der Waals surface area contributed by atoms with Gasteiger partial charge in [0.05, 0.1) is 6.20 Å². The Morgan fingerprint density at radius 2 is 2.12 bits per heavy atom. The van der Waals surface area contributed by atoms with Crippen molar-refractivity contribution in [1.82, 2.24) is 15.1 Å². The molecule has 0 saturated carbocycles. The minimum Gasteiger partial charge on any atom is -0.314 e. The highest BCUT2D eigenvalue weighted by molar-refractivity contribution is 5.03. The van der Waals surface area contributed by atoms with Crippen LogP contribution in [0.1, 0.15) is 52.0 Å². The average molecular weight is 237 g/mol. The average Bonchev–Trinajstić information content (AvgIpc) is 2.77. The van der Waals surface area contributed by atoms with Crippen molar-refractivity contribution in [2.75, 3.05) is 6.54 Å². The predicted molar refractivity (Wildman–Crippen MR) is 73.2 cm³/mol. The van der Waals surface area contributed by atoms with Gasteiger partial charge in [0, 0.05) is 18.8 Å². The second-order valence-electron chi connectivity index (χ2n) is 4.64. The summed E-state index contributed by atoms with van der Waals surface area (Å²) in [5.74, 6) is 0. The third kappa shape index (κ3) is 5.35. The molecule has 1 aromatic rings. The van der Waals surface area contributed by atoms with E-state index in [1.54, 1.807) is 0 Å². The van der Waals surface area contributed by atoms with Gasteiger partial charge in [0.25, 0.3) is 0 Å². The molecule has 1 rings (SSSR count). The summed E-state index contributed by atoms with van der Waals surface area (Å²) in [6.45, 7) is 8.62. The second kappa shape index (κ2) is 8.29. The van der Waals surface area contributed by atoms with Crippen molar-refractivity contribution in [1.29, 1.82) is 0 Å². The molecule has 0 radical (unpaired) electrons. The smallest absolute Gasteiger partial charge is 0.0521 e. The lowest BCUT2D eigenvalue weighted by atomic mass is 10.0. The summed E-state index contributed by atoms with van der Waals surface area (Å²) in [6, 6.07) is 0.700. The zero-order chi connectivity index (χ0) is 12.5. The summed E-state index contributed by atoms with van der Waals surface area (Å²) in [5, 5.41) is 7.87. The van der Waals surface area contributed by atoms with Gasteiger partial charge in [-0.15, -0.1) is 0 Å². The van der Waals surface area contributed by atoms with Crippen LogP contribution in [0.5, 0.6) is 0 Å². The van der Waals surface area contributed by atoms with Crippen LogP contribution in [0.2, 0.25) is 0 Å². The van der Waals surface area contributed by atoms with E-state index < -0.39 is 0 Å². The molecule has 98 valence electrons. The second-order valence-corrected chi connectivity index (χ2v) is 4.64. The van der Waals surface area contributed by atoms with Gasteiger partial charge in [0.1, 0.15) is 0 Å². The Morgan fingerprint density at radius 1 is 1.29 bits per heavy atom. The van der Waals surface area contributed by atoms with E-state index in [1.807, 2.05) is 10.9 Å². The molecular weight excluding hydrogens is 210 g/mol. The molecule has 0 spiro atoms. The first-order valence-electron chi connectivity index (χ1n) is 7.04. The number of nitrogens with zero attached hydrogens (tertiary/aromatic N) is 2. The first kappa shape index (κ1) is 14.2. The lowest BCUT2D eigenvalue weighted by molar-refractivity contribution is 0.447. The van der Waals surface area contributed by atoms with Gasteiger partial charge in [-0.2, -0.15) is 5.10 Å². The Hall–Kier alpha value is -0.830. The standard InChI is InChI=1S/C14H27N3/c1-4-8-14(15-5-2)10-7-9-13-11-16-17(6-3)12-13/h11-12,14-15H,4-10H2,1-3H3. The number of hydrogen-bond donors (Lipinski definition) is 1. The Bertz CT molecular complexity index is 287.